The molecule has 2 aromatic carbocycles. The lowest BCUT2D eigenvalue weighted by Gasteiger charge is -2.21. The van der Waals surface area contributed by atoms with Gasteiger partial charge in [-0.15, -0.1) is 12.4 Å². The summed E-state index contributed by atoms with van der Waals surface area (Å²) < 4.78 is 0. The number of nitrogens with one attached hydrogen (secondary N) is 1. The number of rotatable bonds is 5. The molecule has 0 aliphatic carbocycles. The second kappa shape index (κ2) is 9.20. The molecule has 0 aromatic heterocycles. The van der Waals surface area contributed by atoms with Crippen LogP contribution in [-0.4, -0.2) is 30.3 Å². The van der Waals surface area contributed by atoms with E-state index in [1.807, 2.05) is 50.2 Å². The Balaban J connectivity index is 0.00000312. The molecule has 134 valence electrons. The van der Waals surface area contributed by atoms with Gasteiger partial charge in [0.05, 0.1) is 6.54 Å². The molecular formula is C19H24ClN3O2. The van der Waals surface area contributed by atoms with E-state index in [1.54, 1.807) is 19.2 Å². The summed E-state index contributed by atoms with van der Waals surface area (Å²) in [7, 11) is 1.58. The Kier molecular flexibility index (Phi) is 7.61. The van der Waals surface area contributed by atoms with Gasteiger partial charge in [0.2, 0.25) is 11.8 Å². The Hall–Kier alpha value is -2.37. The fourth-order valence-corrected chi connectivity index (χ4v) is 2.41. The molecule has 0 fully saturated rings. The Morgan fingerprint density at radius 3 is 2.36 bits per heavy atom. The summed E-state index contributed by atoms with van der Waals surface area (Å²) >= 11 is 0. The molecule has 25 heavy (non-hydrogen) atoms. The van der Waals surface area contributed by atoms with Crippen LogP contribution in [0, 0.1) is 13.8 Å². The van der Waals surface area contributed by atoms with Crippen LogP contribution in [0.15, 0.2) is 48.5 Å². The number of amides is 2. The van der Waals surface area contributed by atoms with Crippen molar-refractivity contribution in [1.29, 1.82) is 0 Å². The molecule has 2 rings (SSSR count). The van der Waals surface area contributed by atoms with Crippen LogP contribution < -0.4 is 11.1 Å². The van der Waals surface area contributed by atoms with Gasteiger partial charge in [-0.25, -0.2) is 0 Å². The molecule has 0 radical (unpaired) electrons. The van der Waals surface area contributed by atoms with E-state index in [-0.39, 0.29) is 30.8 Å². The highest BCUT2D eigenvalue weighted by molar-refractivity contribution is 5.96. The number of nitrogens with two attached hydrogens (primary N) is 1. The standard InChI is InChI=1S/C19H23N3O2.ClH/c1-13-8-7-11-16(14(13)2)21-17(23)12-22(3)19(24)18(20)15-9-5-4-6-10-15;/h4-11,18H,12,20H2,1-3H3,(H,21,23);1H. The lowest BCUT2D eigenvalue weighted by molar-refractivity contribution is -0.134. The fourth-order valence-electron chi connectivity index (χ4n) is 2.41. The van der Waals surface area contributed by atoms with Crippen molar-refractivity contribution < 1.29 is 9.59 Å². The van der Waals surface area contributed by atoms with Crippen molar-refractivity contribution in [3.63, 3.8) is 0 Å². The van der Waals surface area contributed by atoms with Gasteiger partial charge < -0.3 is 16.0 Å². The van der Waals surface area contributed by atoms with Crippen LogP contribution in [0.3, 0.4) is 0 Å². The predicted octanol–water partition coefficient (Wildman–Crippen LogP) is 2.82. The maximum Gasteiger partial charge on any atom is 0.244 e. The van der Waals surface area contributed by atoms with E-state index in [4.69, 9.17) is 5.73 Å². The van der Waals surface area contributed by atoms with E-state index in [0.29, 0.717) is 0 Å². The van der Waals surface area contributed by atoms with Crippen LogP contribution in [0.4, 0.5) is 5.69 Å². The van der Waals surface area contributed by atoms with Crippen LogP contribution in [0.5, 0.6) is 0 Å². The number of hydrogen-bond acceptors (Lipinski definition) is 3. The molecule has 0 aliphatic heterocycles. The SMILES string of the molecule is Cc1cccc(NC(=O)CN(C)C(=O)C(N)c2ccccc2)c1C.Cl. The number of hydrogen-bond donors (Lipinski definition) is 2. The minimum atomic E-state index is -0.773. The number of aryl methyl sites for hydroxylation is 1. The first-order valence-electron chi connectivity index (χ1n) is 7.81. The van der Waals surface area contributed by atoms with E-state index < -0.39 is 6.04 Å². The maximum absolute atomic E-state index is 12.4. The van der Waals surface area contributed by atoms with Gasteiger partial charge in [0.25, 0.3) is 0 Å². The summed E-state index contributed by atoms with van der Waals surface area (Å²) in [5.41, 5.74) is 9.59. The first-order valence-corrected chi connectivity index (χ1v) is 7.81. The lowest BCUT2D eigenvalue weighted by Crippen LogP contribution is -2.40. The van der Waals surface area contributed by atoms with Crippen LogP contribution in [0.25, 0.3) is 0 Å². The second-order valence-corrected chi connectivity index (χ2v) is 5.88. The topological polar surface area (TPSA) is 75.4 Å². The second-order valence-electron chi connectivity index (χ2n) is 5.88. The average molecular weight is 362 g/mol. The number of carbonyl (C=O) groups is 2. The van der Waals surface area contributed by atoms with Crippen LogP contribution in [-0.2, 0) is 9.59 Å². The van der Waals surface area contributed by atoms with E-state index >= 15 is 0 Å². The molecule has 1 atom stereocenters. The number of benzene rings is 2. The van der Waals surface area contributed by atoms with Gasteiger partial charge in [0.1, 0.15) is 6.04 Å². The smallest absolute Gasteiger partial charge is 0.244 e. The molecule has 3 N–H and O–H groups in total. The van der Waals surface area contributed by atoms with Gasteiger partial charge in [-0.2, -0.15) is 0 Å². The van der Waals surface area contributed by atoms with Crippen molar-refractivity contribution in [1.82, 2.24) is 4.90 Å². The average Bonchev–Trinajstić information content (AvgIpc) is 2.58. The summed E-state index contributed by atoms with van der Waals surface area (Å²) in [5.74, 6) is -0.544. The van der Waals surface area contributed by atoms with E-state index in [9.17, 15) is 9.59 Å². The van der Waals surface area contributed by atoms with Crippen molar-refractivity contribution in [2.45, 2.75) is 19.9 Å². The normalized spacial score (nSPS) is 11.2. The van der Waals surface area contributed by atoms with Gasteiger partial charge >= 0.3 is 0 Å². The zero-order valence-electron chi connectivity index (χ0n) is 14.7. The first kappa shape index (κ1) is 20.7. The Bertz CT molecular complexity index is 735. The number of nitrogens with zero attached hydrogens (tertiary/aromatic N) is 1. The van der Waals surface area contributed by atoms with Gasteiger partial charge in [-0.05, 0) is 36.6 Å². The first-order chi connectivity index (χ1) is 11.4. The third-order valence-corrected chi connectivity index (χ3v) is 4.06. The molecule has 1 unspecified atom stereocenters. The summed E-state index contributed by atoms with van der Waals surface area (Å²) in [6.45, 7) is 3.89. The zero-order valence-corrected chi connectivity index (χ0v) is 15.5. The van der Waals surface area contributed by atoms with Gasteiger partial charge in [0.15, 0.2) is 0 Å². The minimum absolute atomic E-state index is 0. The monoisotopic (exact) mass is 361 g/mol. The minimum Gasteiger partial charge on any atom is -0.335 e. The molecule has 2 amide bonds. The van der Waals surface area contributed by atoms with Gasteiger partial charge in [-0.3, -0.25) is 9.59 Å². The molecule has 0 aliphatic rings. The van der Waals surface area contributed by atoms with E-state index in [1.165, 1.54) is 4.90 Å². The van der Waals surface area contributed by atoms with Crippen molar-refractivity contribution in [2.75, 3.05) is 18.9 Å². The third kappa shape index (κ3) is 5.31. The van der Waals surface area contributed by atoms with Crippen LogP contribution in [0.2, 0.25) is 0 Å². The van der Waals surface area contributed by atoms with E-state index in [0.717, 1.165) is 22.4 Å². The van der Waals surface area contributed by atoms with Crippen LogP contribution >= 0.6 is 12.4 Å². The number of anilines is 1. The highest BCUT2D eigenvalue weighted by atomic mass is 35.5. The van der Waals surface area contributed by atoms with Gasteiger partial charge in [0, 0.05) is 12.7 Å². The number of halogens is 1. The summed E-state index contributed by atoms with van der Waals surface area (Å²) in [6, 6.07) is 14.1. The highest BCUT2D eigenvalue weighted by Crippen LogP contribution is 2.18. The van der Waals surface area contributed by atoms with Crippen molar-refractivity contribution in [3.05, 3.63) is 65.2 Å². The molecule has 5 nitrogen and oxygen atoms in total. The highest BCUT2D eigenvalue weighted by Gasteiger charge is 2.21. The summed E-state index contributed by atoms with van der Waals surface area (Å²) in [6.07, 6.45) is 0. The van der Waals surface area contributed by atoms with Crippen molar-refractivity contribution in [2.24, 2.45) is 5.73 Å². The molecule has 0 heterocycles. The molecule has 2 aromatic rings. The predicted molar refractivity (Wildman–Crippen MR) is 103 cm³/mol. The maximum atomic E-state index is 12.4. The van der Waals surface area contributed by atoms with Crippen molar-refractivity contribution >= 4 is 29.9 Å². The fraction of sp³-hybridized carbons (Fsp3) is 0.263. The summed E-state index contributed by atoms with van der Waals surface area (Å²) in [5, 5.41) is 2.84. The largest absolute Gasteiger partial charge is 0.335 e. The quantitative estimate of drug-likeness (QED) is 0.859. The molecular weight excluding hydrogens is 338 g/mol. The zero-order chi connectivity index (χ0) is 17.7. The summed E-state index contributed by atoms with van der Waals surface area (Å²) in [4.78, 5) is 25.9. The van der Waals surface area contributed by atoms with Crippen LogP contribution in [0.1, 0.15) is 22.7 Å². The number of carbonyl (C=O) groups excluding carboxylic acids is 2. The van der Waals surface area contributed by atoms with Crippen molar-refractivity contribution in [3.8, 4) is 0 Å². The Labute approximate surface area is 154 Å². The Morgan fingerprint density at radius 2 is 1.72 bits per heavy atom. The molecule has 0 bridgehead atoms. The lowest BCUT2D eigenvalue weighted by atomic mass is 10.1. The molecule has 0 spiro atoms. The molecule has 6 heteroatoms. The molecule has 0 saturated heterocycles. The number of likely N-dealkylation sites (N-methyl/N-ethyl adjacent to an activating group) is 1. The third-order valence-electron chi connectivity index (χ3n) is 4.06. The van der Waals surface area contributed by atoms with Gasteiger partial charge in [-0.1, -0.05) is 42.5 Å². The Morgan fingerprint density at radius 1 is 1.08 bits per heavy atom. The van der Waals surface area contributed by atoms with E-state index in [2.05, 4.69) is 5.32 Å². The molecule has 0 saturated carbocycles.